The molecule has 3 aromatic rings. The molecule has 3 aromatic carbocycles. The standard InChI is InChI=1S/C19H12Cl4O5S/c20-11-3-1-2-10(6-11)19(29(26,27)28,14-7-12(21)4-5-15(14)22)18-16(23)8-13(24)9-17(18)25/h1-9,24-25H,(H,26,27,28). The third kappa shape index (κ3) is 3.77. The Morgan fingerprint density at radius 3 is 2.03 bits per heavy atom. The van der Waals surface area contributed by atoms with Crippen molar-refractivity contribution in [2.75, 3.05) is 0 Å². The van der Waals surface area contributed by atoms with E-state index in [1.165, 1.54) is 42.5 Å². The van der Waals surface area contributed by atoms with Crippen molar-refractivity contribution in [3.05, 3.63) is 91.4 Å². The topological polar surface area (TPSA) is 94.8 Å². The van der Waals surface area contributed by atoms with E-state index < -0.39 is 31.9 Å². The summed E-state index contributed by atoms with van der Waals surface area (Å²) in [5, 5.41) is 20.2. The van der Waals surface area contributed by atoms with E-state index in [9.17, 15) is 23.2 Å². The van der Waals surface area contributed by atoms with Crippen molar-refractivity contribution in [3.8, 4) is 11.5 Å². The fourth-order valence-corrected chi connectivity index (χ4v) is 5.68. The highest BCUT2D eigenvalue weighted by molar-refractivity contribution is 7.87. The zero-order valence-electron chi connectivity index (χ0n) is 14.3. The van der Waals surface area contributed by atoms with Crippen LogP contribution in [0.25, 0.3) is 0 Å². The monoisotopic (exact) mass is 492 g/mol. The molecule has 0 saturated heterocycles. The Morgan fingerprint density at radius 2 is 1.45 bits per heavy atom. The highest BCUT2D eigenvalue weighted by Crippen LogP contribution is 2.52. The summed E-state index contributed by atoms with van der Waals surface area (Å²) in [6, 6.07) is 11.5. The molecule has 3 rings (SSSR count). The van der Waals surface area contributed by atoms with E-state index in [1.807, 2.05) is 0 Å². The summed E-state index contributed by atoms with van der Waals surface area (Å²) >= 11 is 24.7. The van der Waals surface area contributed by atoms with E-state index in [4.69, 9.17) is 46.4 Å². The van der Waals surface area contributed by atoms with Gasteiger partial charge in [-0.25, -0.2) is 0 Å². The molecule has 0 amide bonds. The summed E-state index contributed by atoms with van der Waals surface area (Å²) in [7, 11) is -5.13. The fraction of sp³-hybridized carbons (Fsp3) is 0.0526. The van der Waals surface area contributed by atoms with Gasteiger partial charge < -0.3 is 10.2 Å². The number of phenols is 2. The lowest BCUT2D eigenvalue weighted by molar-refractivity contribution is 0.431. The van der Waals surface area contributed by atoms with Crippen molar-refractivity contribution in [1.29, 1.82) is 0 Å². The summed E-state index contributed by atoms with van der Waals surface area (Å²) in [6.45, 7) is 0. The summed E-state index contributed by atoms with van der Waals surface area (Å²) in [5.41, 5.74) is -0.648. The quantitative estimate of drug-likeness (QED) is 0.311. The first kappa shape index (κ1) is 22.0. The van der Waals surface area contributed by atoms with Gasteiger partial charge in [0.15, 0.2) is 4.75 Å². The van der Waals surface area contributed by atoms with Crippen LogP contribution in [-0.4, -0.2) is 23.2 Å². The molecule has 0 radical (unpaired) electrons. The zero-order chi connectivity index (χ0) is 21.6. The number of benzene rings is 3. The summed E-state index contributed by atoms with van der Waals surface area (Å²) in [6.07, 6.45) is 0. The highest BCUT2D eigenvalue weighted by atomic mass is 35.5. The lowest BCUT2D eigenvalue weighted by atomic mass is 9.83. The van der Waals surface area contributed by atoms with Crippen LogP contribution >= 0.6 is 46.4 Å². The van der Waals surface area contributed by atoms with Gasteiger partial charge in [-0.05, 0) is 42.0 Å². The van der Waals surface area contributed by atoms with Crippen molar-refractivity contribution in [2.45, 2.75) is 4.75 Å². The van der Waals surface area contributed by atoms with Crippen LogP contribution in [0.1, 0.15) is 16.7 Å². The normalized spacial score (nSPS) is 13.8. The molecule has 0 aromatic heterocycles. The minimum Gasteiger partial charge on any atom is -0.508 e. The van der Waals surface area contributed by atoms with Gasteiger partial charge in [-0.2, -0.15) is 8.42 Å². The predicted octanol–water partition coefficient (Wildman–Crippen LogP) is 5.89. The average molecular weight is 494 g/mol. The molecule has 0 fully saturated rings. The van der Waals surface area contributed by atoms with E-state index in [-0.39, 0.29) is 31.2 Å². The van der Waals surface area contributed by atoms with Crippen LogP contribution < -0.4 is 0 Å². The smallest absolute Gasteiger partial charge is 0.283 e. The third-order valence-electron chi connectivity index (χ3n) is 4.33. The van der Waals surface area contributed by atoms with Gasteiger partial charge in [0.25, 0.3) is 10.1 Å². The molecule has 1 atom stereocenters. The predicted molar refractivity (Wildman–Crippen MR) is 114 cm³/mol. The fourth-order valence-electron chi connectivity index (χ4n) is 3.25. The maximum Gasteiger partial charge on any atom is 0.283 e. The van der Waals surface area contributed by atoms with Crippen molar-refractivity contribution in [2.24, 2.45) is 0 Å². The summed E-state index contributed by atoms with van der Waals surface area (Å²) in [5.74, 6) is -1.10. The van der Waals surface area contributed by atoms with Gasteiger partial charge in [0, 0.05) is 32.3 Å². The van der Waals surface area contributed by atoms with Gasteiger partial charge in [0.05, 0.1) is 5.02 Å². The van der Waals surface area contributed by atoms with Crippen LogP contribution in [0.5, 0.6) is 11.5 Å². The molecule has 0 aliphatic rings. The Bertz CT molecular complexity index is 1190. The molecule has 0 saturated carbocycles. The zero-order valence-corrected chi connectivity index (χ0v) is 18.1. The van der Waals surface area contributed by atoms with Crippen LogP contribution in [0.15, 0.2) is 54.6 Å². The first-order valence-electron chi connectivity index (χ1n) is 7.89. The van der Waals surface area contributed by atoms with E-state index >= 15 is 0 Å². The van der Waals surface area contributed by atoms with Crippen LogP contribution in [0.4, 0.5) is 0 Å². The Hall–Kier alpha value is -1.67. The van der Waals surface area contributed by atoms with Crippen molar-refractivity contribution in [3.63, 3.8) is 0 Å². The van der Waals surface area contributed by atoms with E-state index in [0.717, 1.165) is 12.1 Å². The first-order chi connectivity index (χ1) is 13.5. The molecule has 0 aliphatic carbocycles. The molecule has 3 N–H and O–H groups in total. The molecule has 10 heteroatoms. The van der Waals surface area contributed by atoms with Gasteiger partial charge in [-0.1, -0.05) is 58.5 Å². The van der Waals surface area contributed by atoms with Gasteiger partial charge in [-0.3, -0.25) is 4.55 Å². The van der Waals surface area contributed by atoms with Crippen LogP contribution in [0.3, 0.4) is 0 Å². The molecule has 0 spiro atoms. The van der Waals surface area contributed by atoms with Crippen molar-refractivity contribution >= 4 is 56.5 Å². The molecule has 0 heterocycles. The van der Waals surface area contributed by atoms with Gasteiger partial charge in [0.1, 0.15) is 11.5 Å². The third-order valence-corrected chi connectivity index (χ3v) is 6.86. The second-order valence-corrected chi connectivity index (χ2v) is 9.36. The van der Waals surface area contributed by atoms with Crippen LogP contribution in [0.2, 0.25) is 20.1 Å². The van der Waals surface area contributed by atoms with Gasteiger partial charge in [0.2, 0.25) is 0 Å². The minimum atomic E-state index is -5.13. The van der Waals surface area contributed by atoms with Crippen molar-refractivity contribution in [1.82, 2.24) is 0 Å². The number of phenolic OH excluding ortho intramolecular Hbond substituents is 2. The Balaban J connectivity index is 2.65. The maximum absolute atomic E-state index is 13.0. The number of rotatable bonds is 4. The molecule has 0 bridgehead atoms. The molecule has 152 valence electrons. The summed E-state index contributed by atoms with van der Waals surface area (Å²) < 4.78 is 34.0. The highest BCUT2D eigenvalue weighted by Gasteiger charge is 2.52. The number of hydrogen-bond donors (Lipinski definition) is 3. The van der Waals surface area contributed by atoms with Crippen molar-refractivity contribution < 1.29 is 23.2 Å². The molecule has 5 nitrogen and oxygen atoms in total. The molecule has 1 unspecified atom stereocenters. The minimum absolute atomic E-state index is 0.0560. The molecule has 0 aliphatic heterocycles. The van der Waals surface area contributed by atoms with Gasteiger partial charge in [-0.15, -0.1) is 0 Å². The summed E-state index contributed by atoms with van der Waals surface area (Å²) in [4.78, 5) is 0. The number of halogens is 4. The molecular weight excluding hydrogens is 482 g/mol. The number of aromatic hydroxyl groups is 2. The molecule has 29 heavy (non-hydrogen) atoms. The lowest BCUT2D eigenvalue weighted by Gasteiger charge is -2.34. The van der Waals surface area contributed by atoms with E-state index in [1.54, 1.807) is 0 Å². The largest absolute Gasteiger partial charge is 0.508 e. The Labute approximate surface area is 186 Å². The van der Waals surface area contributed by atoms with E-state index in [2.05, 4.69) is 0 Å². The first-order valence-corrected chi connectivity index (χ1v) is 10.8. The lowest BCUT2D eigenvalue weighted by Crippen LogP contribution is -2.39. The SMILES string of the molecule is O=S(=O)(O)C(c1cccc(Cl)c1)(c1cc(Cl)ccc1Cl)c1c(O)cc(O)cc1Cl. The second-order valence-electron chi connectivity index (χ2n) is 6.11. The maximum atomic E-state index is 13.0. The average Bonchev–Trinajstić information content (AvgIpc) is 2.59. The Morgan fingerprint density at radius 1 is 0.793 bits per heavy atom. The van der Waals surface area contributed by atoms with Gasteiger partial charge >= 0.3 is 0 Å². The van der Waals surface area contributed by atoms with E-state index in [0.29, 0.717) is 0 Å². The number of hydrogen-bond acceptors (Lipinski definition) is 4. The Kier molecular flexibility index (Phi) is 5.98. The van der Waals surface area contributed by atoms with Crippen LogP contribution in [-0.2, 0) is 14.9 Å². The van der Waals surface area contributed by atoms with Crippen LogP contribution in [0, 0.1) is 0 Å². The second kappa shape index (κ2) is 7.87. The molecular formula is C19H12Cl4O5S.